The van der Waals surface area contributed by atoms with Crippen molar-refractivity contribution in [2.24, 2.45) is 0 Å². The number of hydrogen-bond acceptors (Lipinski definition) is 5. The van der Waals surface area contributed by atoms with E-state index in [0.29, 0.717) is 19.8 Å². The van der Waals surface area contributed by atoms with Gasteiger partial charge in [0.15, 0.2) is 0 Å². The Bertz CT molecular complexity index is 1090. The van der Waals surface area contributed by atoms with E-state index < -0.39 is 5.41 Å². The van der Waals surface area contributed by atoms with E-state index in [1.807, 2.05) is 49.4 Å². The molecule has 164 valence electrons. The van der Waals surface area contributed by atoms with Crippen LogP contribution in [-0.2, 0) is 28.0 Å². The highest BCUT2D eigenvalue weighted by atomic mass is 16.5. The van der Waals surface area contributed by atoms with Gasteiger partial charge < -0.3 is 15.4 Å². The number of ether oxygens (including phenoxy) is 1. The number of rotatable bonds is 6. The Balaban J connectivity index is 1.46. The van der Waals surface area contributed by atoms with Crippen molar-refractivity contribution in [3.63, 3.8) is 0 Å². The molecule has 1 unspecified atom stereocenters. The van der Waals surface area contributed by atoms with E-state index in [-0.39, 0.29) is 11.9 Å². The van der Waals surface area contributed by atoms with Gasteiger partial charge in [-0.05, 0) is 36.2 Å². The minimum absolute atomic E-state index is 0.00849. The number of fused-ring (bicyclic) bond motifs is 1. The standard InChI is InChI=1S/C26H28N4O2/c1-26(25(31)28-22-16-32-17-22)18-30(14-19-8-4-2-5-9-19)15-20-12-13-23(29-24(20)26)27-21-10-6-3-7-11-21/h2-13,22H,14-18H2,1H3,(H,27,29)(H,28,31). The Morgan fingerprint density at radius 1 is 1.06 bits per heavy atom. The predicted molar refractivity (Wildman–Crippen MR) is 125 cm³/mol. The maximum absolute atomic E-state index is 13.5. The Hall–Kier alpha value is -3.22. The smallest absolute Gasteiger partial charge is 0.233 e. The fraction of sp³-hybridized carbons (Fsp3) is 0.308. The third-order valence-electron chi connectivity index (χ3n) is 6.20. The average Bonchev–Trinajstić information content (AvgIpc) is 2.78. The second-order valence-corrected chi connectivity index (χ2v) is 8.87. The largest absolute Gasteiger partial charge is 0.377 e. The zero-order valence-corrected chi connectivity index (χ0v) is 18.3. The van der Waals surface area contributed by atoms with Crippen LogP contribution in [-0.4, -0.2) is 41.6 Å². The summed E-state index contributed by atoms with van der Waals surface area (Å²) in [6, 6.07) is 24.5. The number of hydrogen-bond donors (Lipinski definition) is 2. The molecule has 1 amide bonds. The fourth-order valence-corrected chi connectivity index (χ4v) is 4.45. The third-order valence-corrected chi connectivity index (χ3v) is 6.20. The molecule has 0 bridgehead atoms. The second-order valence-electron chi connectivity index (χ2n) is 8.87. The Morgan fingerprint density at radius 2 is 1.78 bits per heavy atom. The van der Waals surface area contributed by atoms with Crippen LogP contribution in [0.15, 0.2) is 72.8 Å². The molecule has 6 heteroatoms. The zero-order valence-electron chi connectivity index (χ0n) is 18.3. The van der Waals surface area contributed by atoms with Gasteiger partial charge in [0.05, 0.1) is 24.9 Å². The predicted octanol–water partition coefficient (Wildman–Crippen LogP) is 3.61. The maximum Gasteiger partial charge on any atom is 0.233 e. The van der Waals surface area contributed by atoms with Crippen molar-refractivity contribution >= 4 is 17.4 Å². The summed E-state index contributed by atoms with van der Waals surface area (Å²) in [6.07, 6.45) is 0. The zero-order chi connectivity index (χ0) is 22.0. The minimum Gasteiger partial charge on any atom is -0.377 e. The van der Waals surface area contributed by atoms with Crippen LogP contribution in [0.25, 0.3) is 0 Å². The summed E-state index contributed by atoms with van der Waals surface area (Å²) >= 11 is 0. The molecule has 32 heavy (non-hydrogen) atoms. The first-order valence-corrected chi connectivity index (χ1v) is 11.1. The normalized spacial score (nSPS) is 20.8. The lowest BCUT2D eigenvalue weighted by atomic mass is 9.78. The van der Waals surface area contributed by atoms with Crippen LogP contribution in [0.2, 0.25) is 0 Å². The van der Waals surface area contributed by atoms with Crippen LogP contribution in [0.5, 0.6) is 0 Å². The molecule has 1 atom stereocenters. The number of benzene rings is 2. The topological polar surface area (TPSA) is 66.5 Å². The number of pyridine rings is 1. The number of carbonyl (C=O) groups excluding carboxylic acids is 1. The molecule has 1 saturated heterocycles. The summed E-state index contributed by atoms with van der Waals surface area (Å²) < 4.78 is 5.26. The molecule has 3 heterocycles. The highest BCUT2D eigenvalue weighted by Crippen LogP contribution is 2.35. The average molecular weight is 429 g/mol. The van der Waals surface area contributed by atoms with Crippen molar-refractivity contribution in [2.45, 2.75) is 31.5 Å². The molecule has 0 spiro atoms. The molecule has 2 aliphatic rings. The van der Waals surface area contributed by atoms with E-state index in [4.69, 9.17) is 9.72 Å². The first-order valence-electron chi connectivity index (χ1n) is 11.1. The first-order chi connectivity index (χ1) is 15.6. The number of aromatic nitrogens is 1. The second kappa shape index (κ2) is 8.73. The van der Waals surface area contributed by atoms with E-state index in [1.54, 1.807) is 0 Å². The summed E-state index contributed by atoms with van der Waals surface area (Å²) in [5.41, 5.74) is 3.39. The lowest BCUT2D eigenvalue weighted by Crippen LogP contribution is -2.58. The van der Waals surface area contributed by atoms with Gasteiger partial charge in [0.25, 0.3) is 0 Å². The van der Waals surface area contributed by atoms with E-state index in [1.165, 1.54) is 5.56 Å². The van der Waals surface area contributed by atoms with Crippen LogP contribution >= 0.6 is 0 Å². The fourth-order valence-electron chi connectivity index (χ4n) is 4.45. The van der Waals surface area contributed by atoms with Gasteiger partial charge >= 0.3 is 0 Å². The van der Waals surface area contributed by atoms with Crippen molar-refractivity contribution in [1.29, 1.82) is 0 Å². The highest BCUT2D eigenvalue weighted by Gasteiger charge is 2.44. The van der Waals surface area contributed by atoms with Gasteiger partial charge in [-0.2, -0.15) is 0 Å². The van der Waals surface area contributed by atoms with Crippen LogP contribution < -0.4 is 10.6 Å². The molecule has 2 N–H and O–H groups in total. The third kappa shape index (κ3) is 4.24. The molecule has 3 aromatic rings. The van der Waals surface area contributed by atoms with E-state index in [0.717, 1.165) is 35.9 Å². The van der Waals surface area contributed by atoms with Gasteiger partial charge in [0.2, 0.25) is 5.91 Å². The number of nitrogens with one attached hydrogen (secondary N) is 2. The Labute approximate surface area is 188 Å². The van der Waals surface area contributed by atoms with E-state index >= 15 is 0 Å². The van der Waals surface area contributed by atoms with Gasteiger partial charge in [-0.1, -0.05) is 54.6 Å². The van der Waals surface area contributed by atoms with Gasteiger partial charge in [0, 0.05) is 25.3 Å². The molecule has 6 nitrogen and oxygen atoms in total. The van der Waals surface area contributed by atoms with Crippen LogP contribution in [0.1, 0.15) is 23.7 Å². The molecule has 0 aliphatic carbocycles. The Kier molecular flexibility index (Phi) is 5.64. The number of amides is 1. The molecule has 0 radical (unpaired) electrons. The lowest BCUT2D eigenvalue weighted by Gasteiger charge is -2.41. The van der Waals surface area contributed by atoms with Crippen LogP contribution in [0.3, 0.4) is 0 Å². The number of carbonyl (C=O) groups is 1. The first kappa shape index (κ1) is 20.7. The van der Waals surface area contributed by atoms with Crippen molar-refractivity contribution in [3.05, 3.63) is 89.6 Å². The summed E-state index contributed by atoms with van der Waals surface area (Å²) in [7, 11) is 0. The van der Waals surface area contributed by atoms with Gasteiger partial charge in [-0.25, -0.2) is 4.98 Å². The van der Waals surface area contributed by atoms with Crippen molar-refractivity contribution in [2.75, 3.05) is 25.1 Å². The van der Waals surface area contributed by atoms with Crippen molar-refractivity contribution in [1.82, 2.24) is 15.2 Å². The molecule has 1 aromatic heterocycles. The maximum atomic E-state index is 13.5. The summed E-state index contributed by atoms with van der Waals surface area (Å²) in [5.74, 6) is 0.756. The SMILES string of the molecule is CC1(C(=O)NC2COC2)CN(Cc2ccccc2)Cc2ccc(Nc3ccccc3)nc21. The summed E-state index contributed by atoms with van der Waals surface area (Å²) in [4.78, 5) is 20.8. The quantitative estimate of drug-likeness (QED) is 0.628. The lowest BCUT2D eigenvalue weighted by molar-refractivity contribution is -0.132. The molecular weight excluding hydrogens is 400 g/mol. The minimum atomic E-state index is -0.758. The summed E-state index contributed by atoms with van der Waals surface area (Å²) in [5, 5.41) is 6.54. The Morgan fingerprint density at radius 3 is 2.47 bits per heavy atom. The molecule has 5 rings (SSSR count). The molecule has 2 aromatic carbocycles. The molecular formula is C26H28N4O2. The highest BCUT2D eigenvalue weighted by molar-refractivity contribution is 5.89. The van der Waals surface area contributed by atoms with Gasteiger partial charge in [0.1, 0.15) is 11.2 Å². The van der Waals surface area contributed by atoms with Crippen LogP contribution in [0, 0.1) is 0 Å². The number of para-hydroxylation sites is 1. The van der Waals surface area contributed by atoms with Gasteiger partial charge in [-0.3, -0.25) is 9.69 Å². The molecule has 1 fully saturated rings. The number of nitrogens with zero attached hydrogens (tertiary/aromatic N) is 2. The molecule has 2 aliphatic heterocycles. The van der Waals surface area contributed by atoms with E-state index in [2.05, 4.69) is 45.9 Å². The summed E-state index contributed by atoms with van der Waals surface area (Å²) in [6.45, 7) is 5.32. The number of anilines is 2. The van der Waals surface area contributed by atoms with Crippen LogP contribution in [0.4, 0.5) is 11.5 Å². The van der Waals surface area contributed by atoms with E-state index in [9.17, 15) is 4.79 Å². The van der Waals surface area contributed by atoms with Crippen molar-refractivity contribution in [3.8, 4) is 0 Å². The van der Waals surface area contributed by atoms with Gasteiger partial charge in [-0.15, -0.1) is 0 Å². The molecule has 0 saturated carbocycles. The van der Waals surface area contributed by atoms with Crippen molar-refractivity contribution < 1.29 is 9.53 Å². The monoisotopic (exact) mass is 428 g/mol.